The fraction of sp³-hybridized carbons (Fsp3) is 0.222. The predicted octanol–water partition coefficient (Wildman–Crippen LogP) is 3.34. The van der Waals surface area contributed by atoms with Crippen LogP contribution in [-0.2, 0) is 11.3 Å². The van der Waals surface area contributed by atoms with Crippen LogP contribution in [0.3, 0.4) is 0 Å². The summed E-state index contributed by atoms with van der Waals surface area (Å²) in [5, 5.41) is 0. The number of carbonyl (C=O) groups excluding carboxylic acids is 2. The molecule has 106 valence electrons. The van der Waals surface area contributed by atoms with Crippen LogP contribution < -0.4 is 4.90 Å². The Labute approximate surface area is 124 Å². The molecule has 0 unspecified atom stereocenters. The number of ketones is 1. The number of benzene rings is 2. The Balaban J connectivity index is 2.04. The number of hydrogen-bond acceptors (Lipinski definition) is 2. The first-order valence-electron chi connectivity index (χ1n) is 7.00. The van der Waals surface area contributed by atoms with Crippen LogP contribution in [0.5, 0.6) is 0 Å². The molecule has 21 heavy (non-hydrogen) atoms. The summed E-state index contributed by atoms with van der Waals surface area (Å²) in [7, 11) is 0. The van der Waals surface area contributed by atoms with Crippen molar-refractivity contribution < 1.29 is 9.59 Å². The van der Waals surface area contributed by atoms with Crippen molar-refractivity contribution in [3.8, 4) is 0 Å². The molecule has 0 saturated heterocycles. The molecule has 1 aliphatic heterocycles. The van der Waals surface area contributed by atoms with Crippen molar-refractivity contribution in [3.05, 3.63) is 64.2 Å². The summed E-state index contributed by atoms with van der Waals surface area (Å²) < 4.78 is 0. The Bertz CT molecular complexity index is 742. The smallest absolute Gasteiger partial charge is 0.299 e. The molecule has 3 rings (SSSR count). The predicted molar refractivity (Wildman–Crippen MR) is 82.6 cm³/mol. The molecule has 2 aromatic rings. The molecule has 1 aliphatic rings. The van der Waals surface area contributed by atoms with Crippen LogP contribution in [0.4, 0.5) is 5.69 Å². The van der Waals surface area contributed by atoms with Gasteiger partial charge in [-0.15, -0.1) is 0 Å². The molecule has 0 N–H and O–H groups in total. The summed E-state index contributed by atoms with van der Waals surface area (Å²) >= 11 is 0. The fourth-order valence-electron chi connectivity index (χ4n) is 3.03. The second kappa shape index (κ2) is 4.85. The SMILES string of the molecule is Cc1cc(C)cc(CN2C(=O)C(=O)c3cccc(C)c32)c1. The first-order valence-corrected chi connectivity index (χ1v) is 7.00. The van der Waals surface area contributed by atoms with Gasteiger partial charge in [-0.3, -0.25) is 9.59 Å². The molecular formula is C18H17NO2. The standard InChI is InChI=1S/C18H17NO2/c1-11-7-12(2)9-14(8-11)10-19-16-13(3)5-4-6-15(16)17(20)18(19)21/h4-9H,10H2,1-3H3. The van der Waals surface area contributed by atoms with Crippen LogP contribution in [0, 0.1) is 20.8 Å². The van der Waals surface area contributed by atoms with E-state index < -0.39 is 11.7 Å². The minimum atomic E-state index is -0.432. The van der Waals surface area contributed by atoms with Gasteiger partial charge in [-0.25, -0.2) is 0 Å². The molecule has 0 aliphatic carbocycles. The van der Waals surface area contributed by atoms with Crippen molar-refractivity contribution >= 4 is 17.4 Å². The van der Waals surface area contributed by atoms with Crippen molar-refractivity contribution in [3.63, 3.8) is 0 Å². The van der Waals surface area contributed by atoms with E-state index in [1.165, 1.54) is 0 Å². The van der Waals surface area contributed by atoms with Crippen molar-refractivity contribution in [2.24, 2.45) is 0 Å². The Morgan fingerprint density at radius 1 is 0.952 bits per heavy atom. The third kappa shape index (κ3) is 2.25. The normalized spacial score (nSPS) is 13.8. The second-order valence-corrected chi connectivity index (χ2v) is 5.69. The molecule has 0 fully saturated rings. The quantitative estimate of drug-likeness (QED) is 0.791. The maximum absolute atomic E-state index is 12.3. The summed E-state index contributed by atoms with van der Waals surface area (Å²) in [4.78, 5) is 26.0. The highest BCUT2D eigenvalue weighted by atomic mass is 16.2. The number of fused-ring (bicyclic) bond motifs is 1. The van der Waals surface area contributed by atoms with E-state index in [-0.39, 0.29) is 0 Å². The lowest BCUT2D eigenvalue weighted by molar-refractivity contribution is -0.114. The third-order valence-corrected chi connectivity index (χ3v) is 3.81. The van der Waals surface area contributed by atoms with Crippen LogP contribution in [0.2, 0.25) is 0 Å². The van der Waals surface area contributed by atoms with E-state index in [1.54, 1.807) is 11.0 Å². The van der Waals surface area contributed by atoms with Crippen molar-refractivity contribution in [2.75, 3.05) is 4.90 Å². The second-order valence-electron chi connectivity index (χ2n) is 5.69. The molecule has 0 bridgehead atoms. The van der Waals surface area contributed by atoms with Crippen LogP contribution in [0.15, 0.2) is 36.4 Å². The fourth-order valence-corrected chi connectivity index (χ4v) is 3.03. The van der Waals surface area contributed by atoms with Gasteiger partial charge >= 0.3 is 0 Å². The van der Waals surface area contributed by atoms with E-state index in [2.05, 4.69) is 18.2 Å². The molecule has 3 nitrogen and oxygen atoms in total. The summed E-state index contributed by atoms with van der Waals surface area (Å²) in [6.45, 7) is 6.43. The first kappa shape index (κ1) is 13.6. The minimum Gasteiger partial charge on any atom is -0.300 e. The molecule has 1 heterocycles. The maximum atomic E-state index is 12.3. The number of nitrogens with zero attached hydrogens (tertiary/aromatic N) is 1. The number of Topliss-reactive ketones (excluding diaryl/α,β-unsaturated/α-hetero) is 1. The zero-order valence-electron chi connectivity index (χ0n) is 12.4. The van der Waals surface area contributed by atoms with Gasteiger partial charge in [0.1, 0.15) is 0 Å². The molecule has 0 radical (unpaired) electrons. The zero-order valence-corrected chi connectivity index (χ0v) is 12.4. The van der Waals surface area contributed by atoms with Crippen molar-refractivity contribution in [2.45, 2.75) is 27.3 Å². The number of hydrogen-bond donors (Lipinski definition) is 0. The summed E-state index contributed by atoms with van der Waals surface area (Å²) in [6, 6.07) is 11.7. The van der Waals surface area contributed by atoms with E-state index in [0.29, 0.717) is 12.1 Å². The molecule has 0 atom stereocenters. The van der Waals surface area contributed by atoms with Gasteiger partial charge in [0.05, 0.1) is 17.8 Å². The molecule has 2 aromatic carbocycles. The third-order valence-electron chi connectivity index (χ3n) is 3.81. The average Bonchev–Trinajstić information content (AvgIpc) is 2.64. The van der Waals surface area contributed by atoms with Crippen LogP contribution in [-0.4, -0.2) is 11.7 Å². The molecule has 3 heteroatoms. The van der Waals surface area contributed by atoms with Gasteiger partial charge < -0.3 is 4.90 Å². The summed E-state index contributed by atoms with van der Waals surface area (Å²) in [5.41, 5.74) is 5.60. The number of amides is 1. The highest BCUT2D eigenvalue weighted by molar-refractivity contribution is 6.52. The Morgan fingerprint density at radius 3 is 2.29 bits per heavy atom. The van der Waals surface area contributed by atoms with Crippen LogP contribution in [0.25, 0.3) is 0 Å². The van der Waals surface area contributed by atoms with Gasteiger partial charge in [0.25, 0.3) is 11.7 Å². The van der Waals surface area contributed by atoms with E-state index in [4.69, 9.17) is 0 Å². The van der Waals surface area contributed by atoms with Gasteiger partial charge in [0.15, 0.2) is 0 Å². The highest BCUT2D eigenvalue weighted by Gasteiger charge is 2.36. The van der Waals surface area contributed by atoms with E-state index >= 15 is 0 Å². The Morgan fingerprint density at radius 2 is 1.62 bits per heavy atom. The topological polar surface area (TPSA) is 37.4 Å². The van der Waals surface area contributed by atoms with Gasteiger partial charge in [0, 0.05) is 0 Å². The molecule has 0 aromatic heterocycles. The summed E-state index contributed by atoms with van der Waals surface area (Å²) in [6.07, 6.45) is 0. The summed E-state index contributed by atoms with van der Waals surface area (Å²) in [5.74, 6) is -0.837. The minimum absolute atomic E-state index is 0.405. The van der Waals surface area contributed by atoms with Gasteiger partial charge in [-0.1, -0.05) is 41.5 Å². The van der Waals surface area contributed by atoms with Crippen molar-refractivity contribution in [1.29, 1.82) is 0 Å². The highest BCUT2D eigenvalue weighted by Crippen LogP contribution is 2.33. The Hall–Kier alpha value is -2.42. The first-order chi connectivity index (χ1) is 9.97. The zero-order chi connectivity index (χ0) is 15.1. The number of para-hydroxylation sites is 1. The van der Waals surface area contributed by atoms with E-state index in [9.17, 15) is 9.59 Å². The van der Waals surface area contributed by atoms with Gasteiger partial charge in [-0.2, -0.15) is 0 Å². The molecule has 0 saturated carbocycles. The Kier molecular flexibility index (Phi) is 3.13. The lowest BCUT2D eigenvalue weighted by Crippen LogP contribution is -2.29. The van der Waals surface area contributed by atoms with Gasteiger partial charge in [-0.05, 0) is 38.0 Å². The largest absolute Gasteiger partial charge is 0.300 e. The lowest BCUT2D eigenvalue weighted by atomic mass is 10.1. The van der Waals surface area contributed by atoms with Crippen LogP contribution >= 0.6 is 0 Å². The number of rotatable bonds is 2. The maximum Gasteiger partial charge on any atom is 0.299 e. The molecule has 1 amide bonds. The average molecular weight is 279 g/mol. The number of carbonyl (C=O) groups is 2. The monoisotopic (exact) mass is 279 g/mol. The van der Waals surface area contributed by atoms with Crippen LogP contribution in [0.1, 0.15) is 32.6 Å². The number of aryl methyl sites for hydroxylation is 3. The molecular weight excluding hydrogens is 262 g/mol. The van der Waals surface area contributed by atoms with Gasteiger partial charge in [0.2, 0.25) is 0 Å². The number of anilines is 1. The molecule has 0 spiro atoms. The van der Waals surface area contributed by atoms with Crippen molar-refractivity contribution in [1.82, 2.24) is 0 Å². The van der Waals surface area contributed by atoms with E-state index in [0.717, 1.165) is 27.9 Å². The van der Waals surface area contributed by atoms with E-state index in [1.807, 2.05) is 32.9 Å². The lowest BCUT2D eigenvalue weighted by Gasteiger charge is -2.19.